The summed E-state index contributed by atoms with van der Waals surface area (Å²) in [5, 5.41) is 0. The zero-order valence-corrected chi connectivity index (χ0v) is 18.7. The monoisotopic (exact) mass is 390 g/mol. The van der Waals surface area contributed by atoms with Crippen molar-refractivity contribution in [2.24, 2.45) is 16.7 Å². The summed E-state index contributed by atoms with van der Waals surface area (Å²) in [5.74, 6) is 0.140. The SMILES string of the molecule is CC(=O)OC/C=C(\C)CCC1=C(C)CC[C@H]2[C@@](C)(COC(C)=O)CCC[C@]12C. The molecule has 3 atom stereocenters. The second kappa shape index (κ2) is 9.28. The van der Waals surface area contributed by atoms with Crippen molar-refractivity contribution in [2.75, 3.05) is 13.2 Å². The second-order valence-electron chi connectivity index (χ2n) is 9.41. The van der Waals surface area contributed by atoms with Crippen molar-refractivity contribution in [1.82, 2.24) is 0 Å². The van der Waals surface area contributed by atoms with Crippen LogP contribution in [0.3, 0.4) is 0 Å². The van der Waals surface area contributed by atoms with Gasteiger partial charge in [0.1, 0.15) is 6.61 Å². The van der Waals surface area contributed by atoms with Gasteiger partial charge in [-0.15, -0.1) is 0 Å². The van der Waals surface area contributed by atoms with E-state index in [1.807, 2.05) is 6.08 Å². The number of carbonyl (C=O) groups excluding carboxylic acids is 2. The Balaban J connectivity index is 2.14. The lowest BCUT2D eigenvalue weighted by Gasteiger charge is -2.56. The van der Waals surface area contributed by atoms with Gasteiger partial charge < -0.3 is 9.47 Å². The van der Waals surface area contributed by atoms with Crippen molar-refractivity contribution in [2.45, 2.75) is 86.5 Å². The zero-order valence-electron chi connectivity index (χ0n) is 18.7. The molecule has 0 aromatic heterocycles. The van der Waals surface area contributed by atoms with Crippen molar-refractivity contribution in [3.05, 3.63) is 22.8 Å². The van der Waals surface area contributed by atoms with Crippen LogP contribution in [0.1, 0.15) is 86.5 Å². The van der Waals surface area contributed by atoms with Crippen LogP contribution in [0, 0.1) is 16.7 Å². The van der Waals surface area contributed by atoms with E-state index in [-0.39, 0.29) is 22.8 Å². The summed E-state index contributed by atoms with van der Waals surface area (Å²) in [7, 11) is 0. The summed E-state index contributed by atoms with van der Waals surface area (Å²) in [6.45, 7) is 13.0. The van der Waals surface area contributed by atoms with Gasteiger partial charge in [0.2, 0.25) is 0 Å². The number of carbonyl (C=O) groups is 2. The number of ether oxygens (including phenoxy) is 2. The van der Waals surface area contributed by atoms with Gasteiger partial charge in [0.15, 0.2) is 0 Å². The van der Waals surface area contributed by atoms with Crippen molar-refractivity contribution >= 4 is 11.9 Å². The topological polar surface area (TPSA) is 52.6 Å². The van der Waals surface area contributed by atoms with Gasteiger partial charge in [0.05, 0.1) is 6.61 Å². The number of esters is 2. The van der Waals surface area contributed by atoms with Crippen molar-refractivity contribution in [3.63, 3.8) is 0 Å². The van der Waals surface area contributed by atoms with Crippen LogP contribution < -0.4 is 0 Å². The molecule has 1 saturated carbocycles. The lowest BCUT2D eigenvalue weighted by Crippen LogP contribution is -2.49. The van der Waals surface area contributed by atoms with E-state index < -0.39 is 0 Å². The largest absolute Gasteiger partial charge is 0.465 e. The molecule has 2 rings (SSSR count). The normalized spacial score (nSPS) is 30.6. The molecule has 2 aliphatic carbocycles. The molecule has 0 unspecified atom stereocenters. The molecule has 0 N–H and O–H groups in total. The highest BCUT2D eigenvalue weighted by Crippen LogP contribution is 2.60. The van der Waals surface area contributed by atoms with E-state index in [9.17, 15) is 9.59 Å². The van der Waals surface area contributed by atoms with Crippen LogP contribution in [0.25, 0.3) is 0 Å². The average molecular weight is 391 g/mol. The highest BCUT2D eigenvalue weighted by atomic mass is 16.5. The van der Waals surface area contributed by atoms with Gasteiger partial charge in [-0.25, -0.2) is 0 Å². The van der Waals surface area contributed by atoms with Gasteiger partial charge in [0.25, 0.3) is 0 Å². The Morgan fingerprint density at radius 2 is 1.79 bits per heavy atom. The van der Waals surface area contributed by atoms with Gasteiger partial charge in [-0.05, 0) is 69.8 Å². The number of rotatable bonds is 7. The average Bonchev–Trinajstić information content (AvgIpc) is 2.59. The Morgan fingerprint density at radius 3 is 2.43 bits per heavy atom. The van der Waals surface area contributed by atoms with E-state index >= 15 is 0 Å². The molecule has 0 heterocycles. The number of fused-ring (bicyclic) bond motifs is 1. The Morgan fingerprint density at radius 1 is 1.11 bits per heavy atom. The van der Waals surface area contributed by atoms with Crippen LogP contribution in [0.5, 0.6) is 0 Å². The smallest absolute Gasteiger partial charge is 0.302 e. The first-order valence-electron chi connectivity index (χ1n) is 10.7. The fourth-order valence-corrected chi connectivity index (χ4v) is 5.67. The third-order valence-electron chi connectivity index (χ3n) is 7.16. The fourth-order valence-electron chi connectivity index (χ4n) is 5.67. The first kappa shape index (κ1) is 22.7. The van der Waals surface area contributed by atoms with Crippen molar-refractivity contribution in [3.8, 4) is 0 Å². The predicted octanol–water partition coefficient (Wildman–Crippen LogP) is 5.76. The van der Waals surface area contributed by atoms with E-state index in [4.69, 9.17) is 9.47 Å². The molecule has 1 fully saturated rings. The van der Waals surface area contributed by atoms with Gasteiger partial charge >= 0.3 is 11.9 Å². The van der Waals surface area contributed by atoms with Gasteiger partial charge in [-0.1, -0.05) is 37.0 Å². The molecule has 4 nitrogen and oxygen atoms in total. The minimum Gasteiger partial charge on any atom is -0.465 e. The van der Waals surface area contributed by atoms with E-state index in [1.165, 1.54) is 38.7 Å². The minimum absolute atomic E-state index is 0.0603. The predicted molar refractivity (Wildman–Crippen MR) is 112 cm³/mol. The molecule has 0 aromatic rings. The summed E-state index contributed by atoms with van der Waals surface area (Å²) in [6.07, 6.45) is 9.94. The van der Waals surface area contributed by atoms with E-state index in [0.717, 1.165) is 25.7 Å². The van der Waals surface area contributed by atoms with Crippen LogP contribution in [0.15, 0.2) is 22.8 Å². The molecule has 0 amide bonds. The Bertz CT molecular complexity index is 660. The molecule has 0 bridgehead atoms. The summed E-state index contributed by atoms with van der Waals surface area (Å²) in [4.78, 5) is 22.4. The molecule has 0 spiro atoms. The molecular weight excluding hydrogens is 352 g/mol. The van der Waals surface area contributed by atoms with Crippen molar-refractivity contribution < 1.29 is 19.1 Å². The molecular formula is C24H38O4. The third kappa shape index (κ3) is 5.27. The quantitative estimate of drug-likeness (QED) is 0.409. The number of hydrogen-bond donors (Lipinski definition) is 0. The molecule has 4 heteroatoms. The first-order valence-corrected chi connectivity index (χ1v) is 10.7. The standard InChI is InChI=1S/C24H38O4/c1-17(12-15-27-19(3)25)8-10-21-18(2)9-11-22-23(5,16-28-20(4)26)13-7-14-24(21,22)6/h12,22H,7-11,13-16H2,1-6H3/b17-12+/t22-,23+,24+/m0/s1. The Kier molecular flexibility index (Phi) is 7.52. The van der Waals surface area contributed by atoms with E-state index in [2.05, 4.69) is 27.7 Å². The van der Waals surface area contributed by atoms with Gasteiger partial charge in [0, 0.05) is 19.3 Å². The maximum Gasteiger partial charge on any atom is 0.302 e. The van der Waals surface area contributed by atoms with Crippen LogP contribution in [-0.2, 0) is 19.1 Å². The number of hydrogen-bond acceptors (Lipinski definition) is 4. The molecule has 2 aliphatic rings. The highest BCUT2D eigenvalue weighted by Gasteiger charge is 2.52. The summed E-state index contributed by atoms with van der Waals surface area (Å²) < 4.78 is 10.5. The fraction of sp³-hybridized carbons (Fsp3) is 0.750. The summed E-state index contributed by atoms with van der Waals surface area (Å²) in [5.41, 5.74) is 4.67. The van der Waals surface area contributed by atoms with Crippen LogP contribution >= 0.6 is 0 Å². The molecule has 158 valence electrons. The third-order valence-corrected chi connectivity index (χ3v) is 7.16. The van der Waals surface area contributed by atoms with Crippen LogP contribution in [0.2, 0.25) is 0 Å². The molecule has 0 aliphatic heterocycles. The lowest BCUT2D eigenvalue weighted by atomic mass is 9.49. The maximum atomic E-state index is 11.4. The zero-order chi connectivity index (χ0) is 20.9. The van der Waals surface area contributed by atoms with E-state index in [1.54, 1.807) is 11.1 Å². The molecule has 0 aromatic carbocycles. The highest BCUT2D eigenvalue weighted by molar-refractivity contribution is 5.66. The molecule has 0 radical (unpaired) electrons. The van der Waals surface area contributed by atoms with Crippen molar-refractivity contribution in [1.29, 1.82) is 0 Å². The second-order valence-corrected chi connectivity index (χ2v) is 9.41. The minimum atomic E-state index is -0.237. The Labute approximate surface area is 170 Å². The lowest BCUT2D eigenvalue weighted by molar-refractivity contribution is -0.149. The van der Waals surface area contributed by atoms with E-state index in [0.29, 0.717) is 19.1 Å². The van der Waals surface area contributed by atoms with Crippen LogP contribution in [0.4, 0.5) is 0 Å². The summed E-state index contributed by atoms with van der Waals surface area (Å²) in [6, 6.07) is 0. The van der Waals surface area contributed by atoms with Gasteiger partial charge in [-0.3, -0.25) is 9.59 Å². The summed E-state index contributed by atoms with van der Waals surface area (Å²) >= 11 is 0. The number of allylic oxidation sites excluding steroid dienone is 3. The molecule has 28 heavy (non-hydrogen) atoms. The first-order chi connectivity index (χ1) is 13.1. The maximum absolute atomic E-state index is 11.4. The Hall–Kier alpha value is -1.58. The molecule has 0 saturated heterocycles. The van der Waals surface area contributed by atoms with Crippen LogP contribution in [-0.4, -0.2) is 25.2 Å². The van der Waals surface area contributed by atoms with Gasteiger partial charge in [-0.2, -0.15) is 0 Å².